The van der Waals surface area contributed by atoms with Crippen molar-refractivity contribution < 1.29 is 9.13 Å². The van der Waals surface area contributed by atoms with Gasteiger partial charge < -0.3 is 10.1 Å². The van der Waals surface area contributed by atoms with Crippen LogP contribution in [0, 0.1) is 11.7 Å². The molecule has 1 aliphatic heterocycles. The van der Waals surface area contributed by atoms with Gasteiger partial charge in [0.2, 0.25) is 0 Å². The second kappa shape index (κ2) is 7.42. The van der Waals surface area contributed by atoms with E-state index in [1.807, 2.05) is 0 Å². The van der Waals surface area contributed by atoms with Crippen molar-refractivity contribution in [2.45, 2.75) is 38.1 Å². The summed E-state index contributed by atoms with van der Waals surface area (Å²) in [5.41, 5.74) is 1.12. The zero-order valence-corrected chi connectivity index (χ0v) is 13.5. The van der Waals surface area contributed by atoms with E-state index in [4.69, 9.17) is 4.74 Å². The van der Waals surface area contributed by atoms with Gasteiger partial charge in [-0.2, -0.15) is 0 Å². The molecule has 2 aliphatic rings. The lowest BCUT2D eigenvalue weighted by Gasteiger charge is -2.41. The van der Waals surface area contributed by atoms with E-state index in [1.165, 1.54) is 39.2 Å². The maximum atomic E-state index is 14.2. The summed E-state index contributed by atoms with van der Waals surface area (Å²) >= 11 is 0. The Labute approximate surface area is 132 Å². The van der Waals surface area contributed by atoms with E-state index in [0.29, 0.717) is 17.7 Å². The van der Waals surface area contributed by atoms with Crippen molar-refractivity contribution in [3.8, 4) is 5.75 Å². The molecule has 0 aromatic heterocycles. The number of halogens is 1. The molecule has 1 aliphatic carbocycles. The molecule has 2 fully saturated rings. The summed E-state index contributed by atoms with van der Waals surface area (Å²) in [6, 6.07) is 5.88. The van der Waals surface area contributed by atoms with Crippen LogP contribution in [0.1, 0.15) is 43.7 Å². The fourth-order valence-corrected chi connectivity index (χ4v) is 4.06. The van der Waals surface area contributed by atoms with Gasteiger partial charge in [-0.15, -0.1) is 0 Å². The summed E-state index contributed by atoms with van der Waals surface area (Å²) in [4.78, 5) is 2.55. The highest BCUT2D eigenvalue weighted by atomic mass is 19.1. The van der Waals surface area contributed by atoms with Crippen LogP contribution in [0.15, 0.2) is 18.2 Å². The molecule has 0 unspecified atom stereocenters. The zero-order valence-electron chi connectivity index (χ0n) is 13.5. The fourth-order valence-electron chi connectivity index (χ4n) is 4.06. The molecule has 0 bridgehead atoms. The smallest absolute Gasteiger partial charge is 0.165 e. The van der Waals surface area contributed by atoms with Crippen LogP contribution in [0.25, 0.3) is 0 Å². The molecular weight excluding hydrogens is 279 g/mol. The molecule has 3 rings (SSSR count). The van der Waals surface area contributed by atoms with Gasteiger partial charge in [0.15, 0.2) is 11.6 Å². The van der Waals surface area contributed by atoms with Crippen molar-refractivity contribution in [3.63, 3.8) is 0 Å². The SMILES string of the molecule is COc1ccc([C@H](C2CCCCC2)N2CCNCC2)cc1F. The molecule has 122 valence electrons. The van der Waals surface area contributed by atoms with Crippen molar-refractivity contribution >= 4 is 0 Å². The molecule has 1 saturated heterocycles. The molecular formula is C18H27FN2O. The number of hydrogen-bond acceptors (Lipinski definition) is 3. The highest BCUT2D eigenvalue weighted by molar-refractivity contribution is 5.31. The average molecular weight is 306 g/mol. The fraction of sp³-hybridized carbons (Fsp3) is 0.667. The number of rotatable bonds is 4. The summed E-state index contributed by atoms with van der Waals surface area (Å²) in [7, 11) is 1.52. The summed E-state index contributed by atoms with van der Waals surface area (Å²) in [6.07, 6.45) is 6.50. The Balaban J connectivity index is 1.87. The topological polar surface area (TPSA) is 24.5 Å². The highest BCUT2D eigenvalue weighted by Crippen LogP contribution is 2.39. The summed E-state index contributed by atoms with van der Waals surface area (Å²) in [5, 5.41) is 3.42. The minimum absolute atomic E-state index is 0.240. The average Bonchev–Trinajstić information content (AvgIpc) is 2.57. The van der Waals surface area contributed by atoms with E-state index >= 15 is 0 Å². The third-order valence-electron chi connectivity index (χ3n) is 5.16. The second-order valence-electron chi connectivity index (χ2n) is 6.52. The van der Waals surface area contributed by atoms with E-state index in [1.54, 1.807) is 12.1 Å². The van der Waals surface area contributed by atoms with Gasteiger partial charge in [-0.05, 0) is 36.5 Å². The minimum atomic E-state index is -0.240. The molecule has 0 amide bonds. The minimum Gasteiger partial charge on any atom is -0.494 e. The maximum Gasteiger partial charge on any atom is 0.165 e. The van der Waals surface area contributed by atoms with Gasteiger partial charge in [0.1, 0.15) is 0 Å². The van der Waals surface area contributed by atoms with Gasteiger partial charge in [0.05, 0.1) is 7.11 Å². The first-order valence-corrected chi connectivity index (χ1v) is 8.58. The largest absolute Gasteiger partial charge is 0.494 e. The van der Waals surface area contributed by atoms with Gasteiger partial charge in [0, 0.05) is 32.2 Å². The number of ether oxygens (including phenoxy) is 1. The Hall–Kier alpha value is -1.13. The van der Waals surface area contributed by atoms with Gasteiger partial charge in [-0.3, -0.25) is 4.90 Å². The molecule has 3 nitrogen and oxygen atoms in total. The van der Waals surface area contributed by atoms with Crippen LogP contribution in [-0.2, 0) is 0 Å². The molecule has 1 heterocycles. The quantitative estimate of drug-likeness (QED) is 0.923. The van der Waals surface area contributed by atoms with Crippen LogP contribution in [0.2, 0.25) is 0 Å². The number of methoxy groups -OCH3 is 1. The third kappa shape index (κ3) is 3.44. The summed E-state index contributed by atoms with van der Waals surface area (Å²) in [5.74, 6) is 0.752. The van der Waals surface area contributed by atoms with Gasteiger partial charge in [0.25, 0.3) is 0 Å². The predicted octanol–water partition coefficient (Wildman–Crippen LogP) is 3.36. The third-order valence-corrected chi connectivity index (χ3v) is 5.16. The van der Waals surface area contributed by atoms with Crippen LogP contribution in [0.4, 0.5) is 4.39 Å². The van der Waals surface area contributed by atoms with Crippen LogP contribution in [0.5, 0.6) is 5.75 Å². The van der Waals surface area contributed by atoms with E-state index in [2.05, 4.69) is 16.3 Å². The standard InChI is InChI=1S/C18H27FN2O/c1-22-17-8-7-15(13-16(17)19)18(14-5-3-2-4-6-14)21-11-9-20-10-12-21/h7-8,13-14,18,20H,2-6,9-12H2,1H3/t18-/m0/s1. The van der Waals surface area contributed by atoms with Gasteiger partial charge in [-0.1, -0.05) is 25.3 Å². The van der Waals surface area contributed by atoms with E-state index in [-0.39, 0.29) is 5.82 Å². The van der Waals surface area contributed by atoms with Crippen molar-refractivity contribution in [2.24, 2.45) is 5.92 Å². The molecule has 22 heavy (non-hydrogen) atoms. The Kier molecular flexibility index (Phi) is 5.32. The van der Waals surface area contributed by atoms with Crippen molar-refractivity contribution in [2.75, 3.05) is 33.3 Å². The molecule has 1 atom stereocenters. The zero-order chi connectivity index (χ0) is 15.4. The molecule has 4 heteroatoms. The first-order valence-electron chi connectivity index (χ1n) is 8.58. The van der Waals surface area contributed by atoms with Crippen molar-refractivity contribution in [1.29, 1.82) is 0 Å². The monoisotopic (exact) mass is 306 g/mol. The summed E-state index contributed by atoms with van der Waals surface area (Å²) in [6.45, 7) is 4.16. The molecule has 0 spiro atoms. The van der Waals surface area contributed by atoms with E-state index < -0.39 is 0 Å². The van der Waals surface area contributed by atoms with E-state index in [0.717, 1.165) is 31.7 Å². The predicted molar refractivity (Wildman–Crippen MR) is 86.7 cm³/mol. The first-order chi connectivity index (χ1) is 10.8. The Morgan fingerprint density at radius 2 is 1.91 bits per heavy atom. The Morgan fingerprint density at radius 1 is 1.18 bits per heavy atom. The van der Waals surface area contributed by atoms with Crippen LogP contribution >= 0.6 is 0 Å². The lowest BCUT2D eigenvalue weighted by molar-refractivity contribution is 0.103. The Bertz CT molecular complexity index is 464. The van der Waals surface area contributed by atoms with Crippen molar-refractivity contribution in [3.05, 3.63) is 29.6 Å². The van der Waals surface area contributed by atoms with Crippen LogP contribution in [-0.4, -0.2) is 38.2 Å². The molecule has 1 aromatic rings. The molecule has 0 radical (unpaired) electrons. The first kappa shape index (κ1) is 15.8. The lowest BCUT2D eigenvalue weighted by Crippen LogP contribution is -2.47. The summed E-state index contributed by atoms with van der Waals surface area (Å²) < 4.78 is 19.3. The van der Waals surface area contributed by atoms with Crippen LogP contribution in [0.3, 0.4) is 0 Å². The molecule has 1 N–H and O–H groups in total. The lowest BCUT2D eigenvalue weighted by atomic mass is 9.80. The van der Waals surface area contributed by atoms with Gasteiger partial charge >= 0.3 is 0 Å². The number of benzene rings is 1. The molecule has 1 aromatic carbocycles. The highest BCUT2D eigenvalue weighted by Gasteiger charge is 2.31. The number of nitrogens with one attached hydrogen (secondary N) is 1. The second-order valence-corrected chi connectivity index (χ2v) is 6.52. The van der Waals surface area contributed by atoms with Crippen molar-refractivity contribution in [1.82, 2.24) is 10.2 Å². The van der Waals surface area contributed by atoms with E-state index in [9.17, 15) is 4.39 Å². The number of nitrogens with zero attached hydrogens (tertiary/aromatic N) is 1. The van der Waals surface area contributed by atoms with Crippen LogP contribution < -0.4 is 10.1 Å². The maximum absolute atomic E-state index is 14.2. The normalized spacial score (nSPS) is 22.5. The van der Waals surface area contributed by atoms with Gasteiger partial charge in [-0.25, -0.2) is 4.39 Å². The Morgan fingerprint density at radius 3 is 2.55 bits per heavy atom. The number of piperazine rings is 1. The number of hydrogen-bond donors (Lipinski definition) is 1. The molecule has 1 saturated carbocycles.